The molecule has 2 aromatic rings. The summed E-state index contributed by atoms with van der Waals surface area (Å²) in [7, 11) is 0. The Hall–Kier alpha value is -2.26. The van der Waals surface area contributed by atoms with Crippen LogP contribution in [0.4, 0.5) is 32.0 Å². The van der Waals surface area contributed by atoms with E-state index in [9.17, 15) is 26.3 Å². The van der Waals surface area contributed by atoms with Crippen LogP contribution in [0, 0.1) is 0 Å². The van der Waals surface area contributed by atoms with Gasteiger partial charge in [-0.3, -0.25) is 0 Å². The van der Waals surface area contributed by atoms with Crippen LogP contribution in [-0.2, 0) is 0 Å². The lowest BCUT2D eigenvalue weighted by Crippen LogP contribution is -2.34. The van der Waals surface area contributed by atoms with Gasteiger partial charge in [-0.25, -0.2) is 0 Å². The minimum atomic E-state index is -5.58. The highest BCUT2D eigenvalue weighted by Gasteiger charge is 2.60. The molecule has 0 aliphatic heterocycles. The van der Waals surface area contributed by atoms with E-state index in [-0.39, 0.29) is 11.4 Å². The fourth-order valence-corrected chi connectivity index (χ4v) is 1.57. The Morgan fingerprint density at radius 1 is 0.952 bits per heavy atom. The molecule has 1 heterocycles. The molecule has 0 saturated carbocycles. The molecule has 4 nitrogen and oxygen atoms in total. The highest BCUT2D eigenvalue weighted by Crippen LogP contribution is 2.45. The molecule has 0 unspecified atom stereocenters. The average molecular weight is 311 g/mol. The largest absolute Gasteiger partial charge is 0.409 e. The molecule has 0 saturated heterocycles. The molecule has 0 fully saturated rings. The van der Waals surface area contributed by atoms with Crippen LogP contribution in [0.1, 0.15) is 11.8 Å². The topological polar surface area (TPSA) is 64.9 Å². The Morgan fingerprint density at radius 3 is 1.95 bits per heavy atom. The quantitative estimate of drug-likeness (QED) is 0.680. The van der Waals surface area contributed by atoms with Gasteiger partial charge in [-0.1, -0.05) is 5.16 Å². The molecule has 0 atom stereocenters. The molecule has 0 aliphatic rings. The van der Waals surface area contributed by atoms with Crippen molar-refractivity contribution in [2.45, 2.75) is 18.3 Å². The molecular formula is C11H7F6N3O. The molecule has 0 bridgehead atoms. The third kappa shape index (κ3) is 3.26. The molecule has 1 aromatic carbocycles. The van der Waals surface area contributed by atoms with Crippen molar-refractivity contribution < 1.29 is 30.9 Å². The minimum absolute atomic E-state index is 0.183. The van der Waals surface area contributed by atoms with Gasteiger partial charge in [-0.05, 0) is 24.3 Å². The average Bonchev–Trinajstić information content (AvgIpc) is 2.75. The van der Waals surface area contributed by atoms with Gasteiger partial charge in [0.25, 0.3) is 0 Å². The smallest absolute Gasteiger partial charge is 0.399 e. The van der Waals surface area contributed by atoms with Crippen LogP contribution in [0.2, 0.25) is 0 Å². The first kappa shape index (κ1) is 15.1. The Bertz CT molecular complexity index is 602. The Balaban J connectivity index is 2.40. The fraction of sp³-hybridized carbons (Fsp3) is 0.273. The number of nitrogen functional groups attached to an aromatic ring is 1. The predicted octanol–water partition coefficient (Wildman–Crippen LogP) is 3.53. The Kier molecular flexibility index (Phi) is 3.56. The third-order valence-corrected chi connectivity index (χ3v) is 2.51. The van der Waals surface area contributed by atoms with Gasteiger partial charge in [0.2, 0.25) is 17.6 Å². The van der Waals surface area contributed by atoms with Crippen molar-refractivity contribution in [2.24, 2.45) is 0 Å². The lowest BCUT2D eigenvalue weighted by atomic mass is 10.1. The third-order valence-electron chi connectivity index (χ3n) is 2.51. The number of hydrogen-bond donors (Lipinski definition) is 1. The van der Waals surface area contributed by atoms with E-state index in [1.165, 1.54) is 24.3 Å². The predicted molar refractivity (Wildman–Crippen MR) is 59.0 cm³/mol. The van der Waals surface area contributed by atoms with Crippen LogP contribution in [0.5, 0.6) is 0 Å². The Labute approximate surface area is 113 Å². The number of anilines is 1. The summed E-state index contributed by atoms with van der Waals surface area (Å²) in [5.41, 5.74) is 5.96. The zero-order chi connectivity index (χ0) is 15.8. The van der Waals surface area contributed by atoms with Gasteiger partial charge >= 0.3 is 12.4 Å². The van der Waals surface area contributed by atoms with E-state index in [1.807, 2.05) is 0 Å². The fourth-order valence-electron chi connectivity index (χ4n) is 1.57. The van der Waals surface area contributed by atoms with Crippen LogP contribution >= 0.6 is 0 Å². The van der Waals surface area contributed by atoms with Crippen molar-refractivity contribution in [1.82, 2.24) is 10.1 Å². The van der Waals surface area contributed by atoms with E-state index in [4.69, 9.17) is 5.73 Å². The zero-order valence-electron chi connectivity index (χ0n) is 10.0. The van der Waals surface area contributed by atoms with Crippen molar-refractivity contribution in [1.29, 1.82) is 0 Å². The van der Waals surface area contributed by atoms with Gasteiger partial charge in [-0.2, -0.15) is 31.3 Å². The number of benzene rings is 1. The van der Waals surface area contributed by atoms with E-state index in [0.29, 0.717) is 5.69 Å². The molecule has 2 rings (SSSR count). The van der Waals surface area contributed by atoms with Gasteiger partial charge in [-0.15, -0.1) is 0 Å². The van der Waals surface area contributed by atoms with Gasteiger partial charge in [0.1, 0.15) is 0 Å². The van der Waals surface area contributed by atoms with E-state index in [0.717, 1.165) is 0 Å². The standard InChI is InChI=1S/C11H7F6N3O/c12-10(13,14)7(11(15,16)17)9-19-8(20-21-9)5-1-3-6(18)4-2-5/h1-4,7H,18H2. The van der Waals surface area contributed by atoms with Crippen LogP contribution in [0.15, 0.2) is 28.8 Å². The lowest BCUT2D eigenvalue weighted by Gasteiger charge is -2.18. The second-order valence-corrected chi connectivity index (χ2v) is 4.09. The molecule has 10 heteroatoms. The summed E-state index contributed by atoms with van der Waals surface area (Å²) < 4.78 is 79.1. The van der Waals surface area contributed by atoms with E-state index >= 15 is 0 Å². The SMILES string of the molecule is Nc1ccc(-c2noc(C(C(F)(F)F)C(F)(F)F)n2)cc1. The van der Waals surface area contributed by atoms with Gasteiger partial charge in [0.15, 0.2) is 0 Å². The maximum atomic E-state index is 12.5. The molecule has 1 aromatic heterocycles. The van der Waals surface area contributed by atoms with Gasteiger partial charge < -0.3 is 10.3 Å². The van der Waals surface area contributed by atoms with Crippen LogP contribution < -0.4 is 5.73 Å². The molecule has 0 spiro atoms. The second kappa shape index (κ2) is 4.93. The monoisotopic (exact) mass is 311 g/mol. The summed E-state index contributed by atoms with van der Waals surface area (Å²) >= 11 is 0. The highest BCUT2D eigenvalue weighted by molar-refractivity contribution is 5.58. The van der Waals surface area contributed by atoms with Crippen molar-refractivity contribution in [3.05, 3.63) is 30.2 Å². The van der Waals surface area contributed by atoms with Crippen LogP contribution in [-0.4, -0.2) is 22.5 Å². The molecule has 114 valence electrons. The number of aromatic nitrogens is 2. The summed E-state index contributed by atoms with van der Waals surface area (Å²) in [6.45, 7) is 0. The summed E-state index contributed by atoms with van der Waals surface area (Å²) in [5.74, 6) is -5.76. The van der Waals surface area contributed by atoms with Crippen LogP contribution in [0.3, 0.4) is 0 Å². The molecule has 2 N–H and O–H groups in total. The van der Waals surface area contributed by atoms with Gasteiger partial charge in [0.05, 0.1) is 0 Å². The van der Waals surface area contributed by atoms with E-state index < -0.39 is 24.2 Å². The minimum Gasteiger partial charge on any atom is -0.399 e. The van der Waals surface area contributed by atoms with E-state index in [2.05, 4.69) is 14.7 Å². The molecule has 0 aliphatic carbocycles. The number of halogens is 6. The number of nitrogens with two attached hydrogens (primary N) is 1. The van der Waals surface area contributed by atoms with Gasteiger partial charge in [0, 0.05) is 11.3 Å². The zero-order valence-corrected chi connectivity index (χ0v) is 10.0. The maximum Gasteiger partial charge on any atom is 0.409 e. The summed E-state index contributed by atoms with van der Waals surface area (Å²) in [5, 5.41) is 3.14. The molecule has 21 heavy (non-hydrogen) atoms. The summed E-state index contributed by atoms with van der Waals surface area (Å²) in [6, 6.07) is 5.49. The first-order chi connectivity index (χ1) is 9.59. The summed E-state index contributed by atoms with van der Waals surface area (Å²) in [4.78, 5) is 3.18. The van der Waals surface area contributed by atoms with Crippen molar-refractivity contribution >= 4 is 5.69 Å². The number of nitrogens with zero attached hydrogens (tertiary/aromatic N) is 2. The van der Waals surface area contributed by atoms with Crippen molar-refractivity contribution in [3.63, 3.8) is 0 Å². The van der Waals surface area contributed by atoms with Crippen LogP contribution in [0.25, 0.3) is 11.4 Å². The summed E-state index contributed by atoms with van der Waals surface area (Å²) in [6.07, 6.45) is -11.2. The number of rotatable bonds is 2. The molecule has 0 radical (unpaired) electrons. The Morgan fingerprint density at radius 2 is 1.48 bits per heavy atom. The number of alkyl halides is 6. The van der Waals surface area contributed by atoms with Crippen molar-refractivity contribution in [3.8, 4) is 11.4 Å². The normalized spacial score (nSPS) is 12.9. The van der Waals surface area contributed by atoms with Crippen molar-refractivity contribution in [2.75, 3.05) is 5.73 Å². The van der Waals surface area contributed by atoms with E-state index in [1.54, 1.807) is 0 Å². The number of hydrogen-bond acceptors (Lipinski definition) is 4. The second-order valence-electron chi connectivity index (χ2n) is 4.09. The first-order valence-electron chi connectivity index (χ1n) is 5.42. The molecular weight excluding hydrogens is 304 g/mol. The highest BCUT2D eigenvalue weighted by atomic mass is 19.4. The lowest BCUT2D eigenvalue weighted by molar-refractivity contribution is -0.259. The first-order valence-corrected chi connectivity index (χ1v) is 5.42. The maximum absolute atomic E-state index is 12.5. The molecule has 0 amide bonds.